The van der Waals surface area contributed by atoms with E-state index in [0.29, 0.717) is 18.1 Å². The van der Waals surface area contributed by atoms with Gasteiger partial charge in [-0.3, -0.25) is 14.5 Å². The molecule has 0 aromatic carbocycles. The van der Waals surface area contributed by atoms with Crippen LogP contribution in [0.5, 0.6) is 0 Å². The fourth-order valence-corrected chi connectivity index (χ4v) is 3.90. The van der Waals surface area contributed by atoms with Gasteiger partial charge >= 0.3 is 0 Å². The molecule has 0 radical (unpaired) electrons. The number of amides is 2. The van der Waals surface area contributed by atoms with Crippen molar-refractivity contribution in [3.05, 3.63) is 0 Å². The summed E-state index contributed by atoms with van der Waals surface area (Å²) in [6.45, 7) is 5.43. The van der Waals surface area contributed by atoms with Gasteiger partial charge in [-0.15, -0.1) is 10.2 Å². The molecule has 0 unspecified atom stereocenters. The molecule has 120 valence electrons. The van der Waals surface area contributed by atoms with E-state index in [9.17, 15) is 9.59 Å². The van der Waals surface area contributed by atoms with Crippen LogP contribution in [-0.4, -0.2) is 47.2 Å². The summed E-state index contributed by atoms with van der Waals surface area (Å²) in [6.07, 6.45) is 3.25. The molecular weight excluding hydrogens is 302 g/mol. The fraction of sp³-hybridized carbons (Fsp3) is 0.714. The van der Waals surface area contributed by atoms with E-state index >= 15 is 0 Å². The third-order valence-corrected chi connectivity index (χ3v) is 4.92. The molecular formula is C14H21N5O2S. The Morgan fingerprint density at radius 1 is 1.27 bits per heavy atom. The maximum absolute atomic E-state index is 12.3. The molecule has 2 aliphatic heterocycles. The molecule has 2 amide bonds. The molecule has 1 aromatic heterocycles. The van der Waals surface area contributed by atoms with Gasteiger partial charge in [0.25, 0.3) is 0 Å². The lowest BCUT2D eigenvalue weighted by Crippen LogP contribution is -2.45. The highest BCUT2D eigenvalue weighted by atomic mass is 32.1. The quantitative estimate of drug-likeness (QED) is 0.899. The number of carbonyl (C=O) groups excluding carboxylic acids is 2. The third kappa shape index (κ3) is 2.92. The van der Waals surface area contributed by atoms with Crippen LogP contribution in [0, 0.1) is 0 Å². The van der Waals surface area contributed by atoms with E-state index in [2.05, 4.69) is 15.5 Å². The molecule has 22 heavy (non-hydrogen) atoms. The topological polar surface area (TPSA) is 78.4 Å². The largest absolute Gasteiger partial charge is 0.352 e. The van der Waals surface area contributed by atoms with Crippen LogP contribution in [-0.2, 0) is 9.59 Å². The summed E-state index contributed by atoms with van der Waals surface area (Å²) in [5, 5.41) is 12.7. The van der Waals surface area contributed by atoms with Crippen LogP contribution >= 0.6 is 11.3 Å². The average Bonchev–Trinajstić information content (AvgIpc) is 3.16. The average molecular weight is 323 g/mol. The van der Waals surface area contributed by atoms with Gasteiger partial charge in [0, 0.05) is 25.6 Å². The summed E-state index contributed by atoms with van der Waals surface area (Å²) in [6, 6.07) is -0.0559. The van der Waals surface area contributed by atoms with Gasteiger partial charge in [-0.2, -0.15) is 0 Å². The number of rotatable bonds is 4. The Hall–Kier alpha value is -1.70. The lowest BCUT2D eigenvalue weighted by molar-refractivity contribution is -0.122. The standard InChI is InChI=1S/C14H21N5O2S/c1-9(2)15-12(21)10-5-3-7-18(10)13-16-17-14(22-13)19-8-4-6-11(19)20/h9-10H,3-8H2,1-2H3,(H,15,21)/t10-/m0/s1. The zero-order valence-electron chi connectivity index (χ0n) is 12.9. The van der Waals surface area contributed by atoms with E-state index in [-0.39, 0.29) is 23.9 Å². The minimum absolute atomic E-state index is 0.0431. The van der Waals surface area contributed by atoms with Crippen molar-refractivity contribution in [1.29, 1.82) is 0 Å². The van der Waals surface area contributed by atoms with Crippen molar-refractivity contribution in [2.24, 2.45) is 0 Å². The third-order valence-electron chi connectivity index (χ3n) is 3.94. The molecule has 0 bridgehead atoms. The first-order valence-corrected chi connectivity index (χ1v) is 8.59. The number of carbonyl (C=O) groups is 2. The number of anilines is 2. The predicted molar refractivity (Wildman–Crippen MR) is 85.1 cm³/mol. The van der Waals surface area contributed by atoms with Crippen molar-refractivity contribution < 1.29 is 9.59 Å². The van der Waals surface area contributed by atoms with Crippen LogP contribution in [0.2, 0.25) is 0 Å². The summed E-state index contributed by atoms with van der Waals surface area (Å²) in [5.41, 5.74) is 0. The van der Waals surface area contributed by atoms with E-state index in [0.717, 1.165) is 30.9 Å². The van der Waals surface area contributed by atoms with Crippen LogP contribution in [0.3, 0.4) is 0 Å². The molecule has 2 fully saturated rings. The highest BCUT2D eigenvalue weighted by molar-refractivity contribution is 7.19. The normalized spacial score (nSPS) is 22.0. The Morgan fingerprint density at radius 3 is 2.73 bits per heavy atom. The van der Waals surface area contributed by atoms with Gasteiger partial charge in [-0.1, -0.05) is 11.3 Å². The molecule has 0 aliphatic carbocycles. The van der Waals surface area contributed by atoms with Crippen LogP contribution in [0.4, 0.5) is 10.3 Å². The second-order valence-electron chi connectivity index (χ2n) is 6.03. The maximum Gasteiger partial charge on any atom is 0.242 e. The Kier molecular flexibility index (Phi) is 4.28. The van der Waals surface area contributed by atoms with E-state index in [1.807, 2.05) is 18.7 Å². The Balaban J connectivity index is 1.74. The highest BCUT2D eigenvalue weighted by Crippen LogP contribution is 2.33. The summed E-state index contributed by atoms with van der Waals surface area (Å²) < 4.78 is 0. The summed E-state index contributed by atoms with van der Waals surface area (Å²) >= 11 is 1.40. The first-order chi connectivity index (χ1) is 10.6. The molecule has 2 saturated heterocycles. The van der Waals surface area contributed by atoms with Gasteiger partial charge in [-0.25, -0.2) is 0 Å². The van der Waals surface area contributed by atoms with Crippen LogP contribution in [0.15, 0.2) is 0 Å². The monoisotopic (exact) mass is 323 g/mol. The SMILES string of the molecule is CC(C)NC(=O)[C@@H]1CCCN1c1nnc(N2CCCC2=O)s1. The van der Waals surface area contributed by atoms with Crippen LogP contribution in [0.1, 0.15) is 39.5 Å². The first kappa shape index (κ1) is 15.2. The number of nitrogens with zero attached hydrogens (tertiary/aromatic N) is 4. The van der Waals surface area contributed by atoms with Crippen molar-refractivity contribution in [2.75, 3.05) is 22.9 Å². The minimum atomic E-state index is -0.183. The predicted octanol–water partition coefficient (Wildman–Crippen LogP) is 1.16. The smallest absolute Gasteiger partial charge is 0.242 e. The van der Waals surface area contributed by atoms with Gasteiger partial charge in [0.15, 0.2) is 0 Å². The molecule has 8 heteroatoms. The highest BCUT2D eigenvalue weighted by Gasteiger charge is 2.34. The van der Waals surface area contributed by atoms with Gasteiger partial charge < -0.3 is 10.2 Å². The first-order valence-electron chi connectivity index (χ1n) is 7.77. The van der Waals surface area contributed by atoms with Gasteiger partial charge in [0.05, 0.1) is 0 Å². The zero-order chi connectivity index (χ0) is 15.7. The molecule has 3 rings (SSSR count). The van der Waals surface area contributed by atoms with E-state index in [1.54, 1.807) is 4.90 Å². The fourth-order valence-electron chi connectivity index (χ4n) is 2.93. The molecule has 0 spiro atoms. The second-order valence-corrected chi connectivity index (χ2v) is 6.97. The molecule has 1 aromatic rings. The van der Waals surface area contributed by atoms with Crippen LogP contribution in [0.25, 0.3) is 0 Å². The molecule has 2 aliphatic rings. The second kappa shape index (κ2) is 6.20. The van der Waals surface area contributed by atoms with Crippen LogP contribution < -0.4 is 15.1 Å². The lowest BCUT2D eigenvalue weighted by atomic mass is 10.2. The lowest BCUT2D eigenvalue weighted by Gasteiger charge is -2.23. The van der Waals surface area contributed by atoms with Gasteiger partial charge in [0.2, 0.25) is 22.1 Å². The number of hydrogen-bond acceptors (Lipinski definition) is 6. The molecule has 3 heterocycles. The van der Waals surface area contributed by atoms with E-state index in [4.69, 9.17) is 0 Å². The zero-order valence-corrected chi connectivity index (χ0v) is 13.7. The van der Waals surface area contributed by atoms with Crippen molar-refractivity contribution in [3.8, 4) is 0 Å². The maximum atomic E-state index is 12.3. The van der Waals surface area contributed by atoms with Gasteiger partial charge in [0.1, 0.15) is 6.04 Å². The van der Waals surface area contributed by atoms with Crippen molar-refractivity contribution >= 4 is 33.4 Å². The van der Waals surface area contributed by atoms with Crippen molar-refractivity contribution in [1.82, 2.24) is 15.5 Å². The van der Waals surface area contributed by atoms with E-state index < -0.39 is 0 Å². The molecule has 1 atom stereocenters. The summed E-state index contributed by atoms with van der Waals surface area (Å²) in [5.74, 6) is 0.153. The molecule has 7 nitrogen and oxygen atoms in total. The molecule has 1 N–H and O–H groups in total. The minimum Gasteiger partial charge on any atom is -0.352 e. The molecule has 0 saturated carbocycles. The Morgan fingerprint density at radius 2 is 2.05 bits per heavy atom. The number of nitrogens with one attached hydrogen (secondary N) is 1. The van der Waals surface area contributed by atoms with Crippen molar-refractivity contribution in [2.45, 2.75) is 51.6 Å². The Bertz CT molecular complexity index is 573. The Labute approximate surface area is 133 Å². The number of aromatic nitrogens is 2. The summed E-state index contributed by atoms with van der Waals surface area (Å²) in [4.78, 5) is 27.8. The van der Waals surface area contributed by atoms with Crippen molar-refractivity contribution in [3.63, 3.8) is 0 Å². The summed E-state index contributed by atoms with van der Waals surface area (Å²) in [7, 11) is 0. The van der Waals surface area contributed by atoms with E-state index in [1.165, 1.54) is 11.3 Å². The van der Waals surface area contributed by atoms with Gasteiger partial charge in [-0.05, 0) is 33.1 Å². The number of hydrogen-bond donors (Lipinski definition) is 1.